The zero-order chi connectivity index (χ0) is 15.6. The molecular formula is C12H13ClN2O5S. The standard InChI is InChI=1S/C12H13ClN2O5S/c13-21(19,20)11-6-9(5-10(7-11)15(17)18)12(16)14-4-3-8-1-2-8/h5-8H,1-4H2,(H,14,16). The molecule has 7 nitrogen and oxygen atoms in total. The van der Waals surface area contributed by atoms with Crippen molar-refractivity contribution in [3.63, 3.8) is 0 Å². The van der Waals surface area contributed by atoms with Crippen LogP contribution in [0.1, 0.15) is 29.6 Å². The van der Waals surface area contributed by atoms with Gasteiger partial charge >= 0.3 is 0 Å². The fraction of sp³-hybridized carbons (Fsp3) is 0.417. The second-order valence-electron chi connectivity index (χ2n) is 4.90. The van der Waals surface area contributed by atoms with E-state index in [1.807, 2.05) is 0 Å². The van der Waals surface area contributed by atoms with Gasteiger partial charge in [-0.3, -0.25) is 14.9 Å². The summed E-state index contributed by atoms with van der Waals surface area (Å²) in [7, 11) is 1.03. The highest BCUT2D eigenvalue weighted by molar-refractivity contribution is 8.13. The molecule has 0 spiro atoms. The number of benzene rings is 1. The van der Waals surface area contributed by atoms with E-state index >= 15 is 0 Å². The first-order valence-electron chi connectivity index (χ1n) is 6.29. The SMILES string of the molecule is O=C(NCCC1CC1)c1cc([N+](=O)[O-])cc(S(=O)(=O)Cl)c1. The number of nitrogens with zero attached hydrogens (tertiary/aromatic N) is 1. The van der Waals surface area contributed by atoms with E-state index in [4.69, 9.17) is 10.7 Å². The minimum atomic E-state index is -4.15. The lowest BCUT2D eigenvalue weighted by atomic mass is 10.2. The molecule has 114 valence electrons. The number of carbonyl (C=O) groups excluding carboxylic acids is 1. The monoisotopic (exact) mass is 332 g/mol. The van der Waals surface area contributed by atoms with Crippen LogP contribution >= 0.6 is 10.7 Å². The van der Waals surface area contributed by atoms with Crippen LogP contribution in [-0.2, 0) is 9.05 Å². The van der Waals surface area contributed by atoms with Gasteiger partial charge in [-0.1, -0.05) is 12.8 Å². The van der Waals surface area contributed by atoms with Crippen molar-refractivity contribution >= 4 is 31.3 Å². The van der Waals surface area contributed by atoms with Gasteiger partial charge in [-0.25, -0.2) is 8.42 Å². The van der Waals surface area contributed by atoms with Crippen LogP contribution in [0.15, 0.2) is 23.1 Å². The fourth-order valence-corrected chi connectivity index (χ4v) is 2.66. The van der Waals surface area contributed by atoms with Gasteiger partial charge in [0.05, 0.1) is 9.82 Å². The van der Waals surface area contributed by atoms with E-state index in [1.54, 1.807) is 0 Å². The number of nitro groups is 1. The van der Waals surface area contributed by atoms with Crippen molar-refractivity contribution in [1.29, 1.82) is 0 Å². The first-order chi connectivity index (χ1) is 9.77. The van der Waals surface area contributed by atoms with E-state index in [2.05, 4.69) is 5.32 Å². The molecule has 1 N–H and O–H groups in total. The van der Waals surface area contributed by atoms with Crippen molar-refractivity contribution in [1.82, 2.24) is 5.32 Å². The molecule has 0 atom stereocenters. The lowest BCUT2D eigenvalue weighted by molar-refractivity contribution is -0.385. The predicted molar refractivity (Wildman–Crippen MR) is 75.8 cm³/mol. The highest BCUT2D eigenvalue weighted by atomic mass is 35.7. The normalized spacial score (nSPS) is 14.7. The number of hydrogen-bond acceptors (Lipinski definition) is 5. The summed E-state index contributed by atoms with van der Waals surface area (Å²) in [5.41, 5.74) is -0.594. The van der Waals surface area contributed by atoms with Crippen molar-refractivity contribution in [2.75, 3.05) is 6.54 Å². The Labute approximate surface area is 125 Å². The van der Waals surface area contributed by atoms with Crippen molar-refractivity contribution in [2.24, 2.45) is 5.92 Å². The van der Waals surface area contributed by atoms with E-state index in [0.29, 0.717) is 12.5 Å². The van der Waals surface area contributed by atoms with Crippen molar-refractivity contribution in [2.45, 2.75) is 24.2 Å². The van der Waals surface area contributed by atoms with Gasteiger partial charge in [-0.05, 0) is 18.4 Å². The second-order valence-corrected chi connectivity index (χ2v) is 7.46. The molecule has 0 bridgehead atoms. The van der Waals surface area contributed by atoms with E-state index in [9.17, 15) is 23.3 Å². The zero-order valence-electron chi connectivity index (χ0n) is 10.9. The average Bonchev–Trinajstić information content (AvgIpc) is 3.21. The number of hydrogen-bond donors (Lipinski definition) is 1. The van der Waals surface area contributed by atoms with E-state index in [0.717, 1.165) is 37.5 Å². The van der Waals surface area contributed by atoms with Gasteiger partial charge in [-0.2, -0.15) is 0 Å². The van der Waals surface area contributed by atoms with Crippen molar-refractivity contribution in [3.8, 4) is 0 Å². The average molecular weight is 333 g/mol. The van der Waals surface area contributed by atoms with Gasteiger partial charge in [0, 0.05) is 34.9 Å². The van der Waals surface area contributed by atoms with Crippen LogP contribution in [0.2, 0.25) is 0 Å². The van der Waals surface area contributed by atoms with Crippen LogP contribution in [0.5, 0.6) is 0 Å². The maximum atomic E-state index is 11.9. The van der Waals surface area contributed by atoms with Gasteiger partial charge < -0.3 is 5.32 Å². The maximum Gasteiger partial charge on any atom is 0.271 e. The second kappa shape index (κ2) is 5.98. The predicted octanol–water partition coefficient (Wildman–Crippen LogP) is 2.05. The molecule has 0 unspecified atom stereocenters. The molecule has 0 aliphatic heterocycles. The third-order valence-corrected chi connectivity index (χ3v) is 4.51. The van der Waals surface area contributed by atoms with Crippen molar-refractivity contribution in [3.05, 3.63) is 33.9 Å². The first-order valence-corrected chi connectivity index (χ1v) is 8.60. The Morgan fingerprint density at radius 3 is 2.57 bits per heavy atom. The molecule has 21 heavy (non-hydrogen) atoms. The van der Waals surface area contributed by atoms with Crippen LogP contribution in [0.25, 0.3) is 0 Å². The molecule has 1 aromatic carbocycles. The minimum absolute atomic E-state index is 0.0979. The van der Waals surface area contributed by atoms with Crippen LogP contribution in [0, 0.1) is 16.0 Å². The zero-order valence-corrected chi connectivity index (χ0v) is 12.5. The van der Waals surface area contributed by atoms with E-state index in [-0.39, 0.29) is 5.56 Å². The van der Waals surface area contributed by atoms with Crippen LogP contribution in [0.4, 0.5) is 5.69 Å². The Kier molecular flexibility index (Phi) is 4.48. The first kappa shape index (κ1) is 15.7. The van der Waals surface area contributed by atoms with Crippen LogP contribution < -0.4 is 5.32 Å². The van der Waals surface area contributed by atoms with Gasteiger partial charge in [0.25, 0.3) is 20.6 Å². The summed E-state index contributed by atoms with van der Waals surface area (Å²) in [6.45, 7) is 0.454. The molecule has 0 saturated heterocycles. The molecule has 1 saturated carbocycles. The van der Waals surface area contributed by atoms with Crippen molar-refractivity contribution < 1.29 is 18.1 Å². The molecule has 0 radical (unpaired) electrons. The third kappa shape index (κ3) is 4.40. The molecule has 1 aromatic rings. The van der Waals surface area contributed by atoms with Gasteiger partial charge in [0.2, 0.25) is 0 Å². The number of halogens is 1. The summed E-state index contributed by atoms with van der Waals surface area (Å²) in [6, 6.07) is 2.88. The van der Waals surface area contributed by atoms with Crippen LogP contribution in [0.3, 0.4) is 0 Å². The Bertz CT molecular complexity index is 685. The molecule has 0 aromatic heterocycles. The number of rotatable bonds is 6. The maximum absolute atomic E-state index is 11.9. The number of non-ortho nitro benzene ring substituents is 1. The highest BCUT2D eigenvalue weighted by Gasteiger charge is 2.22. The number of nitrogens with one attached hydrogen (secondary N) is 1. The smallest absolute Gasteiger partial charge is 0.271 e. The molecule has 1 amide bonds. The summed E-state index contributed by atoms with van der Waals surface area (Å²) in [4.78, 5) is 21.5. The topological polar surface area (TPSA) is 106 Å². The van der Waals surface area contributed by atoms with Crippen LogP contribution in [-0.4, -0.2) is 25.8 Å². The molecule has 1 aliphatic rings. The largest absolute Gasteiger partial charge is 0.352 e. The molecule has 1 fully saturated rings. The molecule has 9 heteroatoms. The fourth-order valence-electron chi connectivity index (χ4n) is 1.86. The van der Waals surface area contributed by atoms with Gasteiger partial charge in [0.15, 0.2) is 0 Å². The lowest BCUT2D eigenvalue weighted by Gasteiger charge is -2.06. The molecule has 1 aliphatic carbocycles. The van der Waals surface area contributed by atoms with Gasteiger partial charge in [0.1, 0.15) is 0 Å². The molecule has 2 rings (SSSR count). The Morgan fingerprint density at radius 2 is 2.05 bits per heavy atom. The summed E-state index contributed by atoms with van der Waals surface area (Å²) in [5, 5.41) is 13.4. The summed E-state index contributed by atoms with van der Waals surface area (Å²) >= 11 is 0. The molecule has 0 heterocycles. The number of nitro benzene ring substituents is 1. The lowest BCUT2D eigenvalue weighted by Crippen LogP contribution is -2.25. The quantitative estimate of drug-likeness (QED) is 0.487. The molecular weight excluding hydrogens is 320 g/mol. The Balaban J connectivity index is 2.21. The number of carbonyl (C=O) groups is 1. The van der Waals surface area contributed by atoms with E-state index < -0.39 is 30.5 Å². The third-order valence-electron chi connectivity index (χ3n) is 3.18. The number of amides is 1. The summed E-state index contributed by atoms with van der Waals surface area (Å²) < 4.78 is 22.6. The van der Waals surface area contributed by atoms with E-state index in [1.165, 1.54) is 0 Å². The Morgan fingerprint density at radius 1 is 1.38 bits per heavy atom. The minimum Gasteiger partial charge on any atom is -0.352 e. The van der Waals surface area contributed by atoms with Gasteiger partial charge in [-0.15, -0.1) is 0 Å². The summed E-state index contributed by atoms with van der Waals surface area (Å²) in [5.74, 6) is 0.0788. The Hall–Kier alpha value is -1.67. The summed E-state index contributed by atoms with van der Waals surface area (Å²) in [6.07, 6.45) is 3.16. The highest BCUT2D eigenvalue weighted by Crippen LogP contribution is 2.31.